The van der Waals surface area contributed by atoms with Gasteiger partial charge in [-0.2, -0.15) is 4.31 Å². The first-order valence-electron chi connectivity index (χ1n) is 12.8. The number of amides is 1. The second-order valence-electron chi connectivity index (χ2n) is 9.21. The first kappa shape index (κ1) is 32.8. The van der Waals surface area contributed by atoms with Crippen LogP contribution in [0.15, 0.2) is 41.3 Å². The lowest BCUT2D eigenvalue weighted by Gasteiger charge is -2.22. The van der Waals surface area contributed by atoms with Gasteiger partial charge in [0.25, 0.3) is 5.91 Å². The second-order valence-corrected chi connectivity index (χ2v) is 12.2. The molecule has 0 aliphatic carbocycles. The lowest BCUT2D eigenvalue weighted by atomic mass is 10.2. The Hall–Kier alpha value is -2.44. The molecule has 12 heteroatoms. The number of thiazole rings is 1. The van der Waals surface area contributed by atoms with Crippen LogP contribution in [0.25, 0.3) is 10.2 Å². The molecule has 0 unspecified atom stereocenters. The van der Waals surface area contributed by atoms with Crippen LogP contribution in [0.2, 0.25) is 0 Å². The van der Waals surface area contributed by atoms with E-state index in [1.165, 1.54) is 27.8 Å². The van der Waals surface area contributed by atoms with Crippen molar-refractivity contribution in [2.24, 2.45) is 0 Å². The summed E-state index contributed by atoms with van der Waals surface area (Å²) < 4.78 is 39.5. The highest BCUT2D eigenvalue weighted by Gasteiger charge is 2.25. The number of rotatable bonds is 14. The summed E-state index contributed by atoms with van der Waals surface area (Å²) in [6.07, 6.45) is 2.21. The van der Waals surface area contributed by atoms with E-state index in [4.69, 9.17) is 14.5 Å². The van der Waals surface area contributed by atoms with Crippen molar-refractivity contribution < 1.29 is 22.7 Å². The average Bonchev–Trinajstić information content (AvgIpc) is 3.32. The molecule has 0 N–H and O–H groups in total. The third kappa shape index (κ3) is 7.82. The number of ether oxygens (including phenoxy) is 2. The minimum atomic E-state index is -3.63. The summed E-state index contributed by atoms with van der Waals surface area (Å²) >= 11 is 1.40. The van der Waals surface area contributed by atoms with Gasteiger partial charge in [0.2, 0.25) is 10.0 Å². The molecule has 3 rings (SSSR count). The monoisotopic (exact) mass is 598 g/mol. The Bertz CT molecular complexity index is 1280. The number of fused-ring (bicyclic) bond motifs is 1. The molecule has 0 aliphatic heterocycles. The average molecular weight is 599 g/mol. The van der Waals surface area contributed by atoms with E-state index < -0.39 is 10.0 Å². The van der Waals surface area contributed by atoms with Crippen LogP contribution < -0.4 is 14.4 Å². The zero-order valence-corrected chi connectivity index (χ0v) is 25.9. The van der Waals surface area contributed by atoms with E-state index in [9.17, 15) is 13.2 Å². The van der Waals surface area contributed by atoms with Crippen LogP contribution in [0.3, 0.4) is 0 Å². The molecule has 0 fully saturated rings. The fraction of sp³-hybridized carbons (Fsp3) is 0.481. The molecule has 2 aromatic carbocycles. The summed E-state index contributed by atoms with van der Waals surface area (Å²) in [6.45, 7) is 6.11. The molecule has 216 valence electrons. The standard InChI is InChI=1S/C27H38N4O5S2.ClH/c1-7-14-30(15-8-2)38(33,34)21-12-10-20(11-13-21)26(32)31(17-9-16-29(3)4)27-28-22-18-23(35-5)24(36-6)19-25(22)37-27;/h10-13,18-19H,7-9,14-17H2,1-6H3;1H. The maximum absolute atomic E-state index is 13.7. The van der Waals surface area contributed by atoms with Gasteiger partial charge in [0.15, 0.2) is 16.6 Å². The Kier molecular flexibility index (Phi) is 12.4. The van der Waals surface area contributed by atoms with E-state index in [1.807, 2.05) is 34.0 Å². The van der Waals surface area contributed by atoms with E-state index in [0.717, 1.165) is 30.5 Å². The first-order valence-corrected chi connectivity index (χ1v) is 15.0. The summed E-state index contributed by atoms with van der Waals surface area (Å²) in [6, 6.07) is 9.87. The molecule has 1 aromatic heterocycles. The number of aromatic nitrogens is 1. The van der Waals surface area contributed by atoms with Crippen LogP contribution >= 0.6 is 23.7 Å². The van der Waals surface area contributed by atoms with Gasteiger partial charge in [0, 0.05) is 37.3 Å². The summed E-state index contributed by atoms with van der Waals surface area (Å²) in [5, 5.41) is 0.563. The number of halogens is 1. The third-order valence-electron chi connectivity index (χ3n) is 6.03. The molecule has 0 bridgehead atoms. The lowest BCUT2D eigenvalue weighted by Crippen LogP contribution is -2.34. The van der Waals surface area contributed by atoms with Gasteiger partial charge >= 0.3 is 0 Å². The molecule has 0 radical (unpaired) electrons. The summed E-state index contributed by atoms with van der Waals surface area (Å²) in [7, 11) is 3.50. The number of hydrogen-bond acceptors (Lipinski definition) is 8. The van der Waals surface area contributed by atoms with Crippen molar-refractivity contribution in [1.29, 1.82) is 0 Å². The van der Waals surface area contributed by atoms with Crippen LogP contribution in [0.4, 0.5) is 5.13 Å². The number of carbonyl (C=O) groups excluding carboxylic acids is 1. The van der Waals surface area contributed by atoms with Crippen LogP contribution in [0.1, 0.15) is 43.5 Å². The molecule has 1 heterocycles. The molecule has 0 atom stereocenters. The van der Waals surface area contributed by atoms with Gasteiger partial charge in [-0.3, -0.25) is 9.69 Å². The maximum Gasteiger partial charge on any atom is 0.260 e. The highest BCUT2D eigenvalue weighted by Crippen LogP contribution is 2.37. The Morgan fingerprint density at radius 3 is 2.05 bits per heavy atom. The molecule has 0 saturated heterocycles. The molecular formula is C27H39ClN4O5S2. The van der Waals surface area contributed by atoms with E-state index in [1.54, 1.807) is 37.3 Å². The summed E-state index contributed by atoms with van der Waals surface area (Å²) in [4.78, 5) is 22.4. The van der Waals surface area contributed by atoms with Crippen LogP contribution in [-0.2, 0) is 10.0 Å². The predicted octanol–water partition coefficient (Wildman–Crippen LogP) is 5.14. The zero-order valence-electron chi connectivity index (χ0n) is 23.5. The Morgan fingerprint density at radius 1 is 0.923 bits per heavy atom. The van der Waals surface area contributed by atoms with E-state index in [0.29, 0.717) is 47.3 Å². The van der Waals surface area contributed by atoms with Gasteiger partial charge in [0.1, 0.15) is 0 Å². The minimum absolute atomic E-state index is 0. The maximum atomic E-state index is 13.7. The number of anilines is 1. The minimum Gasteiger partial charge on any atom is -0.493 e. The number of sulfonamides is 1. The highest BCUT2D eigenvalue weighted by atomic mass is 35.5. The Morgan fingerprint density at radius 2 is 1.51 bits per heavy atom. The molecule has 0 spiro atoms. The van der Waals surface area contributed by atoms with Gasteiger partial charge in [-0.1, -0.05) is 25.2 Å². The van der Waals surface area contributed by atoms with Crippen molar-refractivity contribution in [1.82, 2.24) is 14.2 Å². The molecule has 9 nitrogen and oxygen atoms in total. The second kappa shape index (κ2) is 14.8. The summed E-state index contributed by atoms with van der Waals surface area (Å²) in [5.41, 5.74) is 1.11. The van der Waals surface area contributed by atoms with E-state index in [2.05, 4.69) is 4.90 Å². The van der Waals surface area contributed by atoms with Crippen molar-refractivity contribution in [3.8, 4) is 11.5 Å². The van der Waals surface area contributed by atoms with Gasteiger partial charge in [-0.25, -0.2) is 13.4 Å². The topological polar surface area (TPSA) is 92.3 Å². The summed E-state index contributed by atoms with van der Waals surface area (Å²) in [5.74, 6) is 0.932. The van der Waals surface area contributed by atoms with Crippen LogP contribution in [0, 0.1) is 0 Å². The van der Waals surface area contributed by atoms with Gasteiger partial charge in [-0.05, 0) is 64.2 Å². The van der Waals surface area contributed by atoms with Crippen molar-refractivity contribution >= 4 is 55.0 Å². The fourth-order valence-electron chi connectivity index (χ4n) is 4.11. The highest BCUT2D eigenvalue weighted by molar-refractivity contribution is 7.89. The number of carbonyl (C=O) groups is 1. The van der Waals surface area contributed by atoms with Crippen LogP contribution in [0.5, 0.6) is 11.5 Å². The largest absolute Gasteiger partial charge is 0.493 e. The fourth-order valence-corrected chi connectivity index (χ4v) is 6.74. The van der Waals surface area contributed by atoms with Gasteiger partial charge in [0.05, 0.1) is 29.3 Å². The van der Waals surface area contributed by atoms with Crippen LogP contribution in [-0.4, -0.2) is 83.0 Å². The molecular weight excluding hydrogens is 560 g/mol. The zero-order chi connectivity index (χ0) is 27.9. The molecule has 0 aliphatic rings. The van der Waals surface area contributed by atoms with Gasteiger partial charge in [-0.15, -0.1) is 12.4 Å². The Balaban J connectivity index is 0.00000533. The molecule has 3 aromatic rings. The number of nitrogens with zero attached hydrogens (tertiary/aromatic N) is 4. The molecule has 1 amide bonds. The smallest absolute Gasteiger partial charge is 0.260 e. The number of benzene rings is 2. The first-order chi connectivity index (χ1) is 18.2. The lowest BCUT2D eigenvalue weighted by molar-refractivity contribution is 0.0986. The van der Waals surface area contributed by atoms with Crippen molar-refractivity contribution in [2.45, 2.75) is 38.0 Å². The van der Waals surface area contributed by atoms with E-state index in [-0.39, 0.29) is 23.2 Å². The number of hydrogen-bond donors (Lipinski definition) is 0. The molecule has 39 heavy (non-hydrogen) atoms. The van der Waals surface area contributed by atoms with Crippen molar-refractivity contribution in [2.75, 3.05) is 59.4 Å². The predicted molar refractivity (Wildman–Crippen MR) is 161 cm³/mol. The Labute approximate surface area is 242 Å². The molecule has 0 saturated carbocycles. The third-order valence-corrected chi connectivity index (χ3v) is 8.98. The normalized spacial score (nSPS) is 11.6. The SMILES string of the molecule is CCCN(CCC)S(=O)(=O)c1ccc(C(=O)N(CCCN(C)C)c2nc3cc(OC)c(OC)cc3s2)cc1.Cl. The quantitative estimate of drug-likeness (QED) is 0.253. The van der Waals surface area contributed by atoms with Crippen molar-refractivity contribution in [3.63, 3.8) is 0 Å². The van der Waals surface area contributed by atoms with E-state index >= 15 is 0 Å². The van der Waals surface area contributed by atoms with Crippen molar-refractivity contribution in [3.05, 3.63) is 42.0 Å². The number of methoxy groups -OCH3 is 2. The van der Waals surface area contributed by atoms with Gasteiger partial charge < -0.3 is 14.4 Å².